The van der Waals surface area contributed by atoms with Gasteiger partial charge in [0.05, 0.1) is 23.8 Å². The molecule has 0 spiro atoms. The number of aromatic nitrogens is 2. The van der Waals surface area contributed by atoms with Crippen LogP contribution < -0.4 is 10.1 Å². The van der Waals surface area contributed by atoms with Gasteiger partial charge in [0.1, 0.15) is 39.5 Å². The molecule has 9 heteroatoms. The molecule has 0 saturated heterocycles. The summed E-state index contributed by atoms with van der Waals surface area (Å²) in [4.78, 5) is 22.2. The molecule has 3 aromatic rings. The van der Waals surface area contributed by atoms with Crippen molar-refractivity contribution in [3.8, 4) is 5.75 Å². The van der Waals surface area contributed by atoms with E-state index >= 15 is 0 Å². The molecule has 1 N–H and O–H groups in total. The molecule has 2 atom stereocenters. The van der Waals surface area contributed by atoms with Gasteiger partial charge in [-0.1, -0.05) is 0 Å². The third kappa shape index (κ3) is 4.68. The van der Waals surface area contributed by atoms with E-state index in [0.717, 1.165) is 36.6 Å². The van der Waals surface area contributed by atoms with E-state index in [1.165, 1.54) is 29.8 Å². The summed E-state index contributed by atoms with van der Waals surface area (Å²) in [6.45, 7) is 3.91. The van der Waals surface area contributed by atoms with Crippen molar-refractivity contribution >= 4 is 39.0 Å². The SMILES string of the molecule is CCOC(=O)c1sc2ncnc(Nc3ccc(F)cc3O[C@H]3CCC[C@H](OC)C3)c2c1C. The molecule has 1 fully saturated rings. The number of fused-ring (bicyclic) bond motifs is 1. The van der Waals surface area contributed by atoms with E-state index in [2.05, 4.69) is 15.3 Å². The minimum absolute atomic E-state index is 0.0558. The summed E-state index contributed by atoms with van der Waals surface area (Å²) in [5.41, 5.74) is 1.33. The van der Waals surface area contributed by atoms with Crippen LogP contribution in [0.4, 0.5) is 15.9 Å². The minimum Gasteiger partial charge on any atom is -0.488 e. The first-order valence-electron chi connectivity index (χ1n) is 10.7. The monoisotopic (exact) mass is 459 g/mol. The highest BCUT2D eigenvalue weighted by Crippen LogP contribution is 2.37. The standard InChI is InChI=1S/C23H26FN3O4S/c1-4-30-23(28)20-13(2)19-21(25-12-26-22(19)32-20)27-17-9-8-14(24)10-18(17)31-16-7-5-6-15(11-16)29-3/h8-10,12,15-16H,4-7,11H2,1-3H3,(H,25,26,27)/t15-,16-/m0/s1. The Hall–Kier alpha value is -2.78. The first-order valence-corrected chi connectivity index (χ1v) is 11.5. The molecular weight excluding hydrogens is 433 g/mol. The molecule has 7 nitrogen and oxygen atoms in total. The number of thiophene rings is 1. The number of halogens is 1. The quantitative estimate of drug-likeness (QED) is 0.474. The molecular formula is C23H26FN3O4S. The maximum atomic E-state index is 14.1. The van der Waals surface area contributed by atoms with Gasteiger partial charge in [-0.3, -0.25) is 0 Å². The number of ether oxygens (including phenoxy) is 3. The van der Waals surface area contributed by atoms with Gasteiger partial charge < -0.3 is 19.5 Å². The van der Waals surface area contributed by atoms with Crippen LogP contribution in [-0.4, -0.2) is 41.9 Å². The van der Waals surface area contributed by atoms with Gasteiger partial charge >= 0.3 is 5.97 Å². The highest BCUT2D eigenvalue weighted by atomic mass is 32.1. The molecule has 1 saturated carbocycles. The van der Waals surface area contributed by atoms with Crippen LogP contribution >= 0.6 is 11.3 Å². The summed E-state index contributed by atoms with van der Waals surface area (Å²) >= 11 is 1.26. The largest absolute Gasteiger partial charge is 0.488 e. The molecule has 32 heavy (non-hydrogen) atoms. The molecule has 2 heterocycles. The number of nitrogens with zero attached hydrogens (tertiary/aromatic N) is 2. The van der Waals surface area contributed by atoms with Gasteiger partial charge in [-0.05, 0) is 50.8 Å². The lowest BCUT2D eigenvalue weighted by atomic mass is 9.95. The Balaban J connectivity index is 1.65. The Kier molecular flexibility index (Phi) is 6.86. The van der Waals surface area contributed by atoms with Crippen molar-refractivity contribution < 1.29 is 23.4 Å². The summed E-state index contributed by atoms with van der Waals surface area (Å²) < 4.78 is 30.9. The molecule has 0 bridgehead atoms. The van der Waals surface area contributed by atoms with E-state index in [1.54, 1.807) is 20.1 Å². The van der Waals surface area contributed by atoms with Crippen molar-refractivity contribution in [3.05, 3.63) is 40.8 Å². The second-order valence-corrected chi connectivity index (χ2v) is 8.71. The maximum absolute atomic E-state index is 14.1. The minimum atomic E-state index is -0.381. The third-order valence-electron chi connectivity index (χ3n) is 5.59. The van der Waals surface area contributed by atoms with E-state index in [4.69, 9.17) is 14.2 Å². The lowest BCUT2D eigenvalue weighted by molar-refractivity contribution is 0.0211. The van der Waals surface area contributed by atoms with Crippen LogP contribution in [0.3, 0.4) is 0 Å². The van der Waals surface area contributed by atoms with Gasteiger partial charge in [0.25, 0.3) is 0 Å². The molecule has 0 radical (unpaired) electrons. The van der Waals surface area contributed by atoms with Crippen molar-refractivity contribution in [1.82, 2.24) is 9.97 Å². The van der Waals surface area contributed by atoms with Crippen molar-refractivity contribution in [3.63, 3.8) is 0 Å². The molecule has 1 aromatic carbocycles. The summed E-state index contributed by atoms with van der Waals surface area (Å²) in [7, 11) is 1.70. The van der Waals surface area contributed by atoms with Crippen LogP contribution in [0, 0.1) is 12.7 Å². The Morgan fingerprint density at radius 2 is 2.09 bits per heavy atom. The van der Waals surface area contributed by atoms with Crippen LogP contribution in [0.5, 0.6) is 5.75 Å². The van der Waals surface area contributed by atoms with Gasteiger partial charge in [-0.15, -0.1) is 11.3 Å². The number of hydrogen-bond acceptors (Lipinski definition) is 8. The number of aryl methyl sites for hydroxylation is 1. The highest BCUT2D eigenvalue weighted by Gasteiger charge is 2.25. The second-order valence-electron chi connectivity index (χ2n) is 7.71. The topological polar surface area (TPSA) is 82.6 Å². The van der Waals surface area contributed by atoms with Crippen molar-refractivity contribution in [2.75, 3.05) is 19.0 Å². The first-order chi connectivity index (χ1) is 15.5. The Labute approximate surface area is 189 Å². The fourth-order valence-electron chi connectivity index (χ4n) is 3.99. The summed E-state index contributed by atoms with van der Waals surface area (Å²) in [6, 6.07) is 4.38. The van der Waals surface area contributed by atoms with Gasteiger partial charge in [-0.2, -0.15) is 0 Å². The van der Waals surface area contributed by atoms with E-state index in [1.807, 2.05) is 6.92 Å². The molecule has 4 rings (SSSR count). The van der Waals surface area contributed by atoms with E-state index in [9.17, 15) is 9.18 Å². The Morgan fingerprint density at radius 3 is 2.88 bits per heavy atom. The average Bonchev–Trinajstić information content (AvgIpc) is 3.13. The molecule has 1 aliphatic carbocycles. The summed E-state index contributed by atoms with van der Waals surface area (Å²) in [6.07, 6.45) is 5.18. The number of benzene rings is 1. The maximum Gasteiger partial charge on any atom is 0.348 e. The normalized spacial score (nSPS) is 18.5. The molecule has 0 unspecified atom stereocenters. The van der Waals surface area contributed by atoms with Crippen LogP contribution in [-0.2, 0) is 9.47 Å². The Bertz CT molecular complexity index is 1120. The smallest absolute Gasteiger partial charge is 0.348 e. The van der Waals surface area contributed by atoms with Gasteiger partial charge in [0.2, 0.25) is 0 Å². The van der Waals surface area contributed by atoms with Gasteiger partial charge in [-0.25, -0.2) is 19.2 Å². The first kappa shape index (κ1) is 22.4. The van der Waals surface area contributed by atoms with Crippen molar-refractivity contribution in [2.24, 2.45) is 0 Å². The summed E-state index contributed by atoms with van der Waals surface area (Å²) in [5.74, 6) is 0.176. The summed E-state index contributed by atoms with van der Waals surface area (Å²) in [5, 5.41) is 3.99. The highest BCUT2D eigenvalue weighted by molar-refractivity contribution is 7.20. The van der Waals surface area contributed by atoms with Crippen LogP contribution in [0.2, 0.25) is 0 Å². The molecule has 2 aromatic heterocycles. The fraction of sp³-hybridized carbons (Fsp3) is 0.435. The molecule has 0 amide bonds. The van der Waals surface area contributed by atoms with E-state index in [0.29, 0.717) is 33.6 Å². The molecule has 0 aliphatic heterocycles. The van der Waals surface area contributed by atoms with Crippen LogP contribution in [0.1, 0.15) is 47.8 Å². The van der Waals surface area contributed by atoms with E-state index < -0.39 is 0 Å². The second kappa shape index (κ2) is 9.79. The lowest BCUT2D eigenvalue weighted by Crippen LogP contribution is -2.29. The number of hydrogen-bond donors (Lipinski definition) is 1. The number of carbonyl (C=O) groups is 1. The fourth-order valence-corrected chi connectivity index (χ4v) is 5.03. The number of carbonyl (C=O) groups excluding carboxylic acids is 1. The van der Waals surface area contributed by atoms with Gasteiger partial charge in [0.15, 0.2) is 0 Å². The third-order valence-corrected chi connectivity index (χ3v) is 6.77. The predicted octanol–water partition coefficient (Wildman–Crippen LogP) is 5.40. The number of nitrogens with one attached hydrogen (secondary N) is 1. The van der Waals surface area contributed by atoms with Gasteiger partial charge in [0, 0.05) is 19.6 Å². The molecule has 170 valence electrons. The zero-order valence-corrected chi connectivity index (χ0v) is 19.1. The molecule has 1 aliphatic rings. The zero-order valence-electron chi connectivity index (χ0n) is 18.3. The van der Waals surface area contributed by atoms with Crippen LogP contribution in [0.15, 0.2) is 24.5 Å². The zero-order chi connectivity index (χ0) is 22.7. The number of anilines is 2. The van der Waals surface area contributed by atoms with E-state index in [-0.39, 0.29) is 24.0 Å². The van der Waals surface area contributed by atoms with Crippen LogP contribution in [0.25, 0.3) is 10.2 Å². The number of esters is 1. The van der Waals surface area contributed by atoms with Crippen molar-refractivity contribution in [2.45, 2.75) is 51.7 Å². The lowest BCUT2D eigenvalue weighted by Gasteiger charge is -2.29. The van der Waals surface area contributed by atoms with Crippen molar-refractivity contribution in [1.29, 1.82) is 0 Å². The number of rotatable bonds is 7. The predicted molar refractivity (Wildman–Crippen MR) is 121 cm³/mol. The Morgan fingerprint density at radius 1 is 1.28 bits per heavy atom. The average molecular weight is 460 g/mol. The number of methoxy groups -OCH3 is 1.